The van der Waals surface area contributed by atoms with Crippen LogP contribution in [-0.4, -0.2) is 45.6 Å². The van der Waals surface area contributed by atoms with Crippen LogP contribution in [0.2, 0.25) is 8.87 Å². The molecule has 0 saturated carbocycles. The van der Waals surface area contributed by atoms with Gasteiger partial charge in [0.05, 0.1) is 0 Å². The van der Waals surface area contributed by atoms with Crippen LogP contribution in [0.5, 0.6) is 0 Å². The zero-order valence-corrected chi connectivity index (χ0v) is 22.4. The van der Waals surface area contributed by atoms with E-state index >= 15 is 0 Å². The molecule has 0 aliphatic heterocycles. The Morgan fingerprint density at radius 3 is 1.11 bits per heavy atom. The fourth-order valence-corrected chi connectivity index (χ4v) is 23.9. The zero-order valence-electron chi connectivity index (χ0n) is 17.7. The van der Waals surface area contributed by atoms with Crippen molar-refractivity contribution in [2.45, 2.75) is 76.1 Å². The molecule has 0 spiro atoms. The average Bonchev–Trinajstić information content (AvgIpc) is 2.58. The van der Waals surface area contributed by atoms with E-state index in [0.29, 0.717) is 8.87 Å². The Kier molecular flexibility index (Phi) is 15.5. The van der Waals surface area contributed by atoms with Gasteiger partial charge >= 0.3 is 170 Å². The van der Waals surface area contributed by atoms with Crippen LogP contribution in [0.1, 0.15) is 67.2 Å². The van der Waals surface area contributed by atoms with Crippen molar-refractivity contribution in [3.8, 4) is 0 Å². The molecule has 27 heavy (non-hydrogen) atoms. The molecule has 8 nitrogen and oxygen atoms in total. The Bertz CT molecular complexity index is 415. The van der Waals surface area contributed by atoms with Gasteiger partial charge in [0, 0.05) is 0 Å². The third kappa shape index (κ3) is 11.1. The van der Waals surface area contributed by atoms with Crippen LogP contribution < -0.4 is 0 Å². The molecule has 0 rings (SSSR count). The summed E-state index contributed by atoms with van der Waals surface area (Å²) in [7, 11) is -7.62. The van der Waals surface area contributed by atoms with E-state index in [1.807, 2.05) is 13.8 Å². The van der Waals surface area contributed by atoms with Crippen molar-refractivity contribution in [2.24, 2.45) is 0 Å². The summed E-state index contributed by atoms with van der Waals surface area (Å²) >= 11 is -4.22. The van der Waals surface area contributed by atoms with Gasteiger partial charge < -0.3 is 0 Å². The summed E-state index contributed by atoms with van der Waals surface area (Å²) in [4.78, 5) is 0. The number of phosphoric acid groups is 2. The number of phosphoric ester groups is 2. The molecule has 0 bridgehead atoms. The Hall–Kier alpha value is 1.02. The van der Waals surface area contributed by atoms with E-state index in [-0.39, 0.29) is 26.4 Å². The van der Waals surface area contributed by atoms with Crippen LogP contribution >= 0.6 is 15.6 Å². The van der Waals surface area contributed by atoms with Gasteiger partial charge in [-0.3, -0.25) is 0 Å². The molecule has 0 aromatic rings. The Labute approximate surface area is 170 Å². The van der Waals surface area contributed by atoms with Gasteiger partial charge in [-0.05, 0) is 0 Å². The molecule has 0 fully saturated rings. The van der Waals surface area contributed by atoms with Crippen LogP contribution in [-0.2, 0) is 32.9 Å². The summed E-state index contributed by atoms with van der Waals surface area (Å²) in [5, 5.41) is 0. The Morgan fingerprint density at radius 1 is 0.593 bits per heavy atom. The maximum atomic E-state index is 13.1. The standard InChI is InChI=1S/2C4H11O4P.2C4H9.Sn/c2*1-3-7-9(5,6)8-4-2;2*1-3-4-2;/h2*3-4H2,1-2H3,(H,5,6);2*1,3-4H2,2H3;/q;;;;+2/p-2. The molecule has 0 amide bonds. The fourth-order valence-electron chi connectivity index (χ4n) is 2.44. The number of hydrogen-bond donors (Lipinski definition) is 0. The van der Waals surface area contributed by atoms with Gasteiger partial charge in [-0.25, -0.2) is 0 Å². The van der Waals surface area contributed by atoms with Crippen molar-refractivity contribution in [1.29, 1.82) is 0 Å². The third-order valence-electron chi connectivity index (χ3n) is 3.53. The van der Waals surface area contributed by atoms with Gasteiger partial charge in [-0.2, -0.15) is 0 Å². The second-order valence-electron chi connectivity index (χ2n) is 5.87. The van der Waals surface area contributed by atoms with Crippen LogP contribution in [0.15, 0.2) is 0 Å². The monoisotopic (exact) mass is 540 g/mol. The fraction of sp³-hybridized carbons (Fsp3) is 1.00. The number of hydrogen-bond acceptors (Lipinski definition) is 8. The first-order valence-corrected chi connectivity index (χ1v) is 19.3. The Morgan fingerprint density at radius 2 is 0.889 bits per heavy atom. The minimum absolute atomic E-state index is 0.176. The normalized spacial score (nSPS) is 13.3. The van der Waals surface area contributed by atoms with Gasteiger partial charge in [0.25, 0.3) is 0 Å². The summed E-state index contributed by atoms with van der Waals surface area (Å²) in [6.07, 6.45) is 3.41. The summed E-state index contributed by atoms with van der Waals surface area (Å²) in [6.45, 7) is 11.7. The van der Waals surface area contributed by atoms with Gasteiger partial charge in [-0.15, -0.1) is 0 Å². The van der Waals surface area contributed by atoms with E-state index in [0.717, 1.165) is 25.7 Å². The van der Waals surface area contributed by atoms with Crippen molar-refractivity contribution in [1.82, 2.24) is 0 Å². The third-order valence-corrected chi connectivity index (χ3v) is 22.8. The second-order valence-corrected chi connectivity index (χ2v) is 20.2. The molecule has 164 valence electrons. The summed E-state index contributed by atoms with van der Waals surface area (Å²) < 4.78 is 60.8. The summed E-state index contributed by atoms with van der Waals surface area (Å²) in [5.74, 6) is 0. The summed E-state index contributed by atoms with van der Waals surface area (Å²) in [5.41, 5.74) is 0. The first-order chi connectivity index (χ1) is 12.8. The SMILES string of the molecule is CCC[CH2][Sn]([CH2]CCC)([O]P(=O)(OCC)OCC)[O]P(=O)(OCC)OCC. The Balaban J connectivity index is 5.90. The van der Waals surface area contributed by atoms with Gasteiger partial charge in [0.2, 0.25) is 0 Å². The van der Waals surface area contributed by atoms with Crippen molar-refractivity contribution >= 4 is 34.9 Å². The molecular formula is C16H38O8P2Sn. The van der Waals surface area contributed by atoms with Crippen molar-refractivity contribution in [2.75, 3.05) is 26.4 Å². The predicted molar refractivity (Wildman–Crippen MR) is 109 cm³/mol. The molecular weight excluding hydrogens is 501 g/mol. The molecule has 0 N–H and O–H groups in total. The van der Waals surface area contributed by atoms with Crippen molar-refractivity contribution in [3.63, 3.8) is 0 Å². The number of unbranched alkanes of at least 4 members (excludes halogenated alkanes) is 2. The van der Waals surface area contributed by atoms with E-state index in [9.17, 15) is 9.13 Å². The van der Waals surface area contributed by atoms with Crippen LogP contribution in [0.3, 0.4) is 0 Å². The van der Waals surface area contributed by atoms with Crippen LogP contribution in [0.4, 0.5) is 0 Å². The molecule has 0 aliphatic carbocycles. The maximum absolute atomic E-state index is 13.1. The topological polar surface area (TPSA) is 89.5 Å². The van der Waals surface area contributed by atoms with E-state index in [4.69, 9.17) is 23.8 Å². The molecule has 0 saturated heterocycles. The average molecular weight is 539 g/mol. The van der Waals surface area contributed by atoms with Gasteiger partial charge in [-0.1, -0.05) is 0 Å². The first kappa shape index (κ1) is 28.0. The van der Waals surface area contributed by atoms with Crippen LogP contribution in [0.25, 0.3) is 0 Å². The van der Waals surface area contributed by atoms with Crippen LogP contribution in [0, 0.1) is 0 Å². The first-order valence-electron chi connectivity index (χ1n) is 9.97. The van der Waals surface area contributed by atoms with Gasteiger partial charge in [0.1, 0.15) is 0 Å². The van der Waals surface area contributed by atoms with E-state index < -0.39 is 34.9 Å². The van der Waals surface area contributed by atoms with Crippen molar-refractivity contribution in [3.05, 3.63) is 0 Å². The van der Waals surface area contributed by atoms with E-state index in [2.05, 4.69) is 0 Å². The van der Waals surface area contributed by atoms with E-state index in [1.165, 1.54) is 0 Å². The molecule has 0 aromatic carbocycles. The van der Waals surface area contributed by atoms with Crippen molar-refractivity contribution < 1.29 is 32.9 Å². The zero-order chi connectivity index (χ0) is 20.8. The molecule has 0 atom stereocenters. The molecule has 0 aromatic heterocycles. The van der Waals surface area contributed by atoms with E-state index in [1.54, 1.807) is 27.7 Å². The quantitative estimate of drug-likeness (QED) is 0.146. The second kappa shape index (κ2) is 14.9. The summed E-state index contributed by atoms with van der Waals surface area (Å²) in [6, 6.07) is 0. The molecule has 0 radical (unpaired) electrons. The minimum atomic E-state index is -4.22. The van der Waals surface area contributed by atoms with Gasteiger partial charge in [0.15, 0.2) is 0 Å². The number of rotatable bonds is 18. The molecule has 11 heteroatoms. The predicted octanol–water partition coefficient (Wildman–Crippen LogP) is 6.42. The molecule has 0 heterocycles. The molecule has 0 aliphatic rings. The molecule has 0 unspecified atom stereocenters.